The number of hydrogen-bond acceptors (Lipinski definition) is 1. The van der Waals surface area contributed by atoms with Gasteiger partial charge < -0.3 is 5.73 Å². The van der Waals surface area contributed by atoms with Crippen molar-refractivity contribution in [3.63, 3.8) is 0 Å². The van der Waals surface area contributed by atoms with Crippen molar-refractivity contribution in [1.29, 1.82) is 0 Å². The third kappa shape index (κ3) is 3.16. The summed E-state index contributed by atoms with van der Waals surface area (Å²) >= 11 is 6.05. The molecule has 0 aliphatic carbocycles. The Labute approximate surface area is 97.1 Å². The summed E-state index contributed by atoms with van der Waals surface area (Å²) in [5, 5.41) is 0.755. The number of benzene rings is 1. The minimum atomic E-state index is -0.0128. The SMILES string of the molecule is CC(C)(C)[C@H](N)c1ccccc1Cl.Cl. The summed E-state index contributed by atoms with van der Waals surface area (Å²) in [4.78, 5) is 0. The highest BCUT2D eigenvalue weighted by molar-refractivity contribution is 6.31. The predicted octanol–water partition coefficient (Wildman–Crippen LogP) is 3.81. The van der Waals surface area contributed by atoms with Crippen LogP contribution in [0.15, 0.2) is 24.3 Å². The molecule has 0 aliphatic rings. The summed E-state index contributed by atoms with van der Waals surface area (Å²) in [5.74, 6) is 0. The van der Waals surface area contributed by atoms with Crippen LogP contribution in [0.25, 0.3) is 0 Å². The van der Waals surface area contributed by atoms with Crippen molar-refractivity contribution in [1.82, 2.24) is 0 Å². The second-order valence-electron chi connectivity index (χ2n) is 4.37. The van der Waals surface area contributed by atoms with Crippen LogP contribution < -0.4 is 5.73 Å². The smallest absolute Gasteiger partial charge is 0.0453 e. The van der Waals surface area contributed by atoms with E-state index >= 15 is 0 Å². The van der Waals surface area contributed by atoms with Gasteiger partial charge in [0.25, 0.3) is 0 Å². The average molecular weight is 234 g/mol. The molecule has 14 heavy (non-hydrogen) atoms. The summed E-state index contributed by atoms with van der Waals surface area (Å²) in [6.07, 6.45) is 0. The lowest BCUT2D eigenvalue weighted by atomic mass is 9.83. The maximum absolute atomic E-state index is 6.09. The zero-order valence-electron chi connectivity index (χ0n) is 8.75. The van der Waals surface area contributed by atoms with Crippen LogP contribution in [-0.2, 0) is 0 Å². The highest BCUT2D eigenvalue weighted by Crippen LogP contribution is 2.33. The van der Waals surface area contributed by atoms with Gasteiger partial charge in [-0.2, -0.15) is 0 Å². The van der Waals surface area contributed by atoms with Crippen molar-refractivity contribution in [2.45, 2.75) is 26.8 Å². The molecule has 1 aromatic carbocycles. The Morgan fingerprint density at radius 1 is 1.21 bits per heavy atom. The molecule has 1 nitrogen and oxygen atoms in total. The van der Waals surface area contributed by atoms with E-state index < -0.39 is 0 Å². The standard InChI is InChI=1S/C11H16ClN.ClH/c1-11(2,3)10(13)8-6-4-5-7-9(8)12;/h4-7,10H,13H2,1-3H3;1H/t10-;/m1./s1. The molecule has 0 amide bonds. The zero-order valence-corrected chi connectivity index (χ0v) is 10.3. The van der Waals surface area contributed by atoms with E-state index in [1.165, 1.54) is 0 Å². The van der Waals surface area contributed by atoms with Crippen LogP contribution in [0.3, 0.4) is 0 Å². The third-order valence-electron chi connectivity index (χ3n) is 2.17. The molecule has 80 valence electrons. The Morgan fingerprint density at radius 3 is 2.14 bits per heavy atom. The van der Waals surface area contributed by atoms with E-state index in [4.69, 9.17) is 17.3 Å². The number of hydrogen-bond donors (Lipinski definition) is 1. The topological polar surface area (TPSA) is 26.0 Å². The fourth-order valence-electron chi connectivity index (χ4n) is 1.19. The summed E-state index contributed by atoms with van der Waals surface area (Å²) < 4.78 is 0. The molecule has 1 rings (SSSR count). The first-order chi connectivity index (χ1) is 5.93. The molecule has 0 heterocycles. The number of rotatable bonds is 1. The molecule has 0 radical (unpaired) electrons. The van der Waals surface area contributed by atoms with E-state index in [2.05, 4.69) is 20.8 Å². The van der Waals surface area contributed by atoms with E-state index in [9.17, 15) is 0 Å². The van der Waals surface area contributed by atoms with Gasteiger partial charge in [0.15, 0.2) is 0 Å². The van der Waals surface area contributed by atoms with E-state index in [0.29, 0.717) is 0 Å². The van der Waals surface area contributed by atoms with E-state index in [0.717, 1.165) is 10.6 Å². The van der Waals surface area contributed by atoms with Gasteiger partial charge in [0, 0.05) is 11.1 Å². The minimum absolute atomic E-state index is 0. The van der Waals surface area contributed by atoms with Gasteiger partial charge in [0.2, 0.25) is 0 Å². The van der Waals surface area contributed by atoms with Crippen molar-refractivity contribution in [2.75, 3.05) is 0 Å². The zero-order chi connectivity index (χ0) is 10.1. The molecule has 0 spiro atoms. The first-order valence-corrected chi connectivity index (χ1v) is 4.80. The van der Waals surface area contributed by atoms with Crippen LogP contribution in [0.4, 0.5) is 0 Å². The Hall–Kier alpha value is -0.240. The molecule has 0 saturated heterocycles. The summed E-state index contributed by atoms with van der Waals surface area (Å²) in [6, 6.07) is 7.73. The van der Waals surface area contributed by atoms with Crippen molar-refractivity contribution in [3.05, 3.63) is 34.9 Å². The lowest BCUT2D eigenvalue weighted by molar-refractivity contribution is 0.327. The van der Waals surface area contributed by atoms with Gasteiger partial charge in [-0.1, -0.05) is 50.6 Å². The molecule has 1 aromatic rings. The Bertz CT molecular complexity index is 292. The van der Waals surface area contributed by atoms with Crippen molar-refractivity contribution in [3.8, 4) is 0 Å². The van der Waals surface area contributed by atoms with Crippen LogP contribution in [0, 0.1) is 5.41 Å². The van der Waals surface area contributed by atoms with Gasteiger partial charge in [-0.05, 0) is 17.0 Å². The average Bonchev–Trinajstić information content (AvgIpc) is 2.02. The molecule has 0 bridgehead atoms. The second-order valence-corrected chi connectivity index (χ2v) is 4.77. The molecular weight excluding hydrogens is 217 g/mol. The molecule has 0 aliphatic heterocycles. The molecular formula is C11H17Cl2N. The van der Waals surface area contributed by atoms with E-state index in [1.807, 2.05) is 24.3 Å². The van der Waals surface area contributed by atoms with Gasteiger partial charge in [0.1, 0.15) is 0 Å². The normalized spacial score (nSPS) is 13.2. The molecule has 2 N–H and O–H groups in total. The van der Waals surface area contributed by atoms with Crippen molar-refractivity contribution < 1.29 is 0 Å². The van der Waals surface area contributed by atoms with Crippen LogP contribution in [-0.4, -0.2) is 0 Å². The van der Waals surface area contributed by atoms with Gasteiger partial charge in [-0.25, -0.2) is 0 Å². The summed E-state index contributed by atoms with van der Waals surface area (Å²) in [6.45, 7) is 6.34. The van der Waals surface area contributed by atoms with Crippen molar-refractivity contribution >= 4 is 24.0 Å². The first-order valence-electron chi connectivity index (χ1n) is 4.43. The Kier molecular flexibility index (Phi) is 4.93. The molecule has 0 aromatic heterocycles. The van der Waals surface area contributed by atoms with Crippen LogP contribution in [0.2, 0.25) is 5.02 Å². The molecule has 0 fully saturated rings. The summed E-state index contributed by atoms with van der Waals surface area (Å²) in [5.41, 5.74) is 7.16. The lowest BCUT2D eigenvalue weighted by Gasteiger charge is -2.28. The van der Waals surface area contributed by atoms with Gasteiger partial charge in [-0.3, -0.25) is 0 Å². The predicted molar refractivity (Wildman–Crippen MR) is 65.1 cm³/mol. The monoisotopic (exact) mass is 233 g/mol. The molecule has 1 atom stereocenters. The summed E-state index contributed by atoms with van der Waals surface area (Å²) in [7, 11) is 0. The fourth-order valence-corrected chi connectivity index (χ4v) is 1.45. The minimum Gasteiger partial charge on any atom is -0.323 e. The fraction of sp³-hybridized carbons (Fsp3) is 0.455. The number of nitrogens with two attached hydrogens (primary N) is 1. The lowest BCUT2D eigenvalue weighted by Crippen LogP contribution is -2.26. The molecule has 0 unspecified atom stereocenters. The van der Waals surface area contributed by atoms with Crippen LogP contribution >= 0.6 is 24.0 Å². The van der Waals surface area contributed by atoms with Gasteiger partial charge in [-0.15, -0.1) is 12.4 Å². The van der Waals surface area contributed by atoms with E-state index in [-0.39, 0.29) is 23.9 Å². The quantitative estimate of drug-likeness (QED) is 0.785. The molecule has 0 saturated carbocycles. The highest BCUT2D eigenvalue weighted by atomic mass is 35.5. The maximum Gasteiger partial charge on any atom is 0.0453 e. The third-order valence-corrected chi connectivity index (χ3v) is 2.52. The second kappa shape index (κ2) is 5.01. The Morgan fingerprint density at radius 2 is 1.71 bits per heavy atom. The van der Waals surface area contributed by atoms with Gasteiger partial charge >= 0.3 is 0 Å². The first kappa shape index (κ1) is 13.8. The molecule has 3 heteroatoms. The van der Waals surface area contributed by atoms with Crippen molar-refractivity contribution in [2.24, 2.45) is 11.1 Å². The van der Waals surface area contributed by atoms with Crippen LogP contribution in [0.5, 0.6) is 0 Å². The maximum atomic E-state index is 6.09. The Balaban J connectivity index is 0.00000169. The van der Waals surface area contributed by atoms with E-state index in [1.54, 1.807) is 0 Å². The number of halogens is 2. The largest absolute Gasteiger partial charge is 0.323 e. The van der Waals surface area contributed by atoms with Gasteiger partial charge in [0.05, 0.1) is 0 Å². The van der Waals surface area contributed by atoms with Crippen LogP contribution in [0.1, 0.15) is 32.4 Å². The highest BCUT2D eigenvalue weighted by Gasteiger charge is 2.23.